The second kappa shape index (κ2) is 12.3. The Morgan fingerprint density at radius 3 is 2.71 bits per heavy atom. The number of carbonyl (C=O) groups excluding carboxylic acids is 3. The van der Waals surface area contributed by atoms with Crippen LogP contribution in [0.2, 0.25) is 0 Å². The predicted molar refractivity (Wildman–Crippen MR) is 113 cm³/mol. The molecule has 10 heteroatoms. The fourth-order valence-corrected chi connectivity index (χ4v) is 2.80. The molecule has 168 valence electrons. The highest BCUT2D eigenvalue weighted by Gasteiger charge is 2.27. The molecule has 0 bridgehead atoms. The number of esters is 1. The number of ether oxygens (including phenoxy) is 2. The number of amides is 2. The molecule has 0 aromatic heterocycles. The van der Waals surface area contributed by atoms with Crippen LogP contribution >= 0.6 is 0 Å². The summed E-state index contributed by atoms with van der Waals surface area (Å²) in [7, 11) is 1.20. The van der Waals surface area contributed by atoms with E-state index in [0.717, 1.165) is 23.3 Å². The lowest BCUT2D eigenvalue weighted by Gasteiger charge is -2.17. The summed E-state index contributed by atoms with van der Waals surface area (Å²) in [6.45, 7) is 2.07. The van der Waals surface area contributed by atoms with Crippen LogP contribution in [0.3, 0.4) is 0 Å². The zero-order valence-electron chi connectivity index (χ0n) is 17.7. The molecule has 10 nitrogen and oxygen atoms in total. The fraction of sp³-hybridized carbons (Fsp3) is 0.476. The van der Waals surface area contributed by atoms with Crippen LogP contribution in [0.15, 0.2) is 29.4 Å². The Balaban J connectivity index is 1.79. The van der Waals surface area contributed by atoms with Gasteiger partial charge in [-0.3, -0.25) is 4.79 Å². The molecule has 0 aliphatic carbocycles. The quantitative estimate of drug-likeness (QED) is 0.277. The maximum Gasteiger partial charge on any atom is 0.407 e. The third kappa shape index (κ3) is 7.72. The Labute approximate surface area is 180 Å². The van der Waals surface area contributed by atoms with Gasteiger partial charge in [-0.05, 0) is 17.5 Å². The van der Waals surface area contributed by atoms with Gasteiger partial charge in [0.05, 0.1) is 25.8 Å². The van der Waals surface area contributed by atoms with E-state index in [4.69, 9.17) is 15.0 Å². The molecule has 2 amide bonds. The van der Waals surface area contributed by atoms with Crippen molar-refractivity contribution in [2.24, 2.45) is 5.16 Å². The molecule has 0 saturated heterocycles. The van der Waals surface area contributed by atoms with Crippen LogP contribution in [0.5, 0.6) is 0 Å². The molecule has 0 spiro atoms. The molecule has 1 heterocycles. The molecule has 1 aliphatic heterocycles. The zero-order chi connectivity index (χ0) is 22.6. The minimum absolute atomic E-state index is 0.0421. The van der Waals surface area contributed by atoms with E-state index in [1.54, 1.807) is 12.1 Å². The van der Waals surface area contributed by atoms with E-state index < -0.39 is 24.2 Å². The summed E-state index contributed by atoms with van der Waals surface area (Å²) in [5.41, 5.74) is 2.37. The third-order valence-electron chi connectivity index (χ3n) is 4.57. The summed E-state index contributed by atoms with van der Waals surface area (Å²) < 4.78 is 9.64. The van der Waals surface area contributed by atoms with E-state index in [2.05, 4.69) is 20.5 Å². The van der Waals surface area contributed by atoms with Crippen LogP contribution in [0.1, 0.15) is 43.7 Å². The summed E-state index contributed by atoms with van der Waals surface area (Å²) in [6.07, 6.45) is 2.16. The molecule has 0 saturated carbocycles. The highest BCUT2D eigenvalue weighted by atomic mass is 16.6. The van der Waals surface area contributed by atoms with Crippen molar-refractivity contribution in [1.29, 1.82) is 5.41 Å². The molecule has 1 aromatic rings. The highest BCUT2D eigenvalue weighted by Crippen LogP contribution is 2.19. The normalized spacial score (nSPS) is 15.8. The van der Waals surface area contributed by atoms with Crippen LogP contribution < -0.4 is 10.6 Å². The molecule has 31 heavy (non-hydrogen) atoms. The minimum Gasteiger partial charge on any atom is -0.467 e. The maximum atomic E-state index is 12.3. The molecule has 1 aromatic carbocycles. The Bertz CT molecular complexity index is 809. The Hall–Kier alpha value is -3.43. The second-order valence-electron chi connectivity index (χ2n) is 6.95. The predicted octanol–water partition coefficient (Wildman–Crippen LogP) is 1.75. The van der Waals surface area contributed by atoms with E-state index in [1.165, 1.54) is 13.3 Å². The van der Waals surface area contributed by atoms with Gasteiger partial charge in [-0.25, -0.2) is 9.59 Å². The van der Waals surface area contributed by atoms with Gasteiger partial charge in [-0.15, -0.1) is 0 Å². The average molecular weight is 432 g/mol. The molecule has 2 unspecified atom stereocenters. The number of alkyl carbamates (subject to hydrolysis) is 1. The lowest BCUT2D eigenvalue weighted by molar-refractivity contribution is -0.143. The van der Waals surface area contributed by atoms with Crippen molar-refractivity contribution in [2.45, 2.75) is 44.8 Å². The number of carbonyl (C=O) groups is 3. The van der Waals surface area contributed by atoms with E-state index >= 15 is 0 Å². The van der Waals surface area contributed by atoms with Gasteiger partial charge in [-0.1, -0.05) is 42.8 Å². The summed E-state index contributed by atoms with van der Waals surface area (Å²) in [6, 6.07) is 6.23. The van der Waals surface area contributed by atoms with Crippen LogP contribution in [0.4, 0.5) is 4.79 Å². The van der Waals surface area contributed by atoms with Gasteiger partial charge >= 0.3 is 12.1 Å². The van der Waals surface area contributed by atoms with Crippen molar-refractivity contribution in [1.82, 2.24) is 10.6 Å². The van der Waals surface area contributed by atoms with Crippen LogP contribution in [-0.4, -0.2) is 62.3 Å². The average Bonchev–Trinajstić information content (AvgIpc) is 3.24. The second-order valence-corrected chi connectivity index (χ2v) is 6.95. The van der Waals surface area contributed by atoms with Gasteiger partial charge in [0.25, 0.3) is 0 Å². The van der Waals surface area contributed by atoms with Crippen molar-refractivity contribution in [2.75, 3.05) is 20.3 Å². The molecule has 0 fully saturated rings. The lowest BCUT2D eigenvalue weighted by atomic mass is 10.0. The number of benzene rings is 1. The molecule has 2 rings (SSSR count). The third-order valence-corrected chi connectivity index (χ3v) is 4.57. The monoisotopic (exact) mass is 432 g/mol. The topological polar surface area (TPSA) is 139 Å². The highest BCUT2D eigenvalue weighted by molar-refractivity contribution is 6.02. The SMILES string of the molecule is CCCCOC(=O)NC(CNC(=O)CC1CC(c2ccc(C=N)cc2)=NO1)C(=O)OC. The zero-order valence-corrected chi connectivity index (χ0v) is 17.7. The van der Waals surface area contributed by atoms with Gasteiger partial charge in [0.2, 0.25) is 5.91 Å². The first-order valence-corrected chi connectivity index (χ1v) is 10.1. The molecule has 2 atom stereocenters. The minimum atomic E-state index is -1.06. The number of unbranched alkanes of at least 4 members (excludes halogenated alkanes) is 1. The van der Waals surface area contributed by atoms with Crippen molar-refractivity contribution >= 4 is 29.9 Å². The van der Waals surface area contributed by atoms with Gasteiger partial charge < -0.3 is 30.4 Å². The number of hydrogen-bond donors (Lipinski definition) is 3. The Kier molecular flexibility index (Phi) is 9.47. The largest absolute Gasteiger partial charge is 0.467 e. The van der Waals surface area contributed by atoms with E-state index in [9.17, 15) is 14.4 Å². The molecular weight excluding hydrogens is 404 g/mol. The first-order valence-electron chi connectivity index (χ1n) is 10.1. The number of nitrogens with one attached hydrogen (secondary N) is 3. The number of methoxy groups -OCH3 is 1. The van der Waals surface area contributed by atoms with E-state index in [1.807, 2.05) is 19.1 Å². The van der Waals surface area contributed by atoms with E-state index in [-0.39, 0.29) is 25.5 Å². The number of oxime groups is 1. The first kappa shape index (κ1) is 23.8. The van der Waals surface area contributed by atoms with Crippen molar-refractivity contribution in [3.63, 3.8) is 0 Å². The number of nitrogens with zero attached hydrogens (tertiary/aromatic N) is 1. The van der Waals surface area contributed by atoms with Crippen LogP contribution in [0, 0.1) is 5.41 Å². The van der Waals surface area contributed by atoms with Crippen LogP contribution in [-0.2, 0) is 23.9 Å². The van der Waals surface area contributed by atoms with Gasteiger partial charge in [0.1, 0.15) is 12.1 Å². The summed E-state index contributed by atoms with van der Waals surface area (Å²) in [5.74, 6) is -1.04. The molecular formula is C21H28N4O6. The van der Waals surface area contributed by atoms with E-state index in [0.29, 0.717) is 12.8 Å². The van der Waals surface area contributed by atoms with Crippen molar-refractivity contribution in [3.05, 3.63) is 35.4 Å². The summed E-state index contributed by atoms with van der Waals surface area (Å²) >= 11 is 0. The smallest absolute Gasteiger partial charge is 0.407 e. The van der Waals surface area contributed by atoms with Gasteiger partial charge in [0, 0.05) is 19.2 Å². The molecule has 0 radical (unpaired) electrons. The standard InChI is InChI=1S/C21H28N4O6/c1-3-4-9-30-21(28)24-18(20(27)29-2)13-23-19(26)11-16-10-17(25-31-16)15-7-5-14(12-22)6-8-15/h5-8,12,16,18,22H,3-4,9-11,13H2,1-2H3,(H,23,26)(H,24,28). The Morgan fingerprint density at radius 1 is 1.32 bits per heavy atom. The summed E-state index contributed by atoms with van der Waals surface area (Å²) in [5, 5.41) is 16.3. The maximum absolute atomic E-state index is 12.3. The first-order chi connectivity index (χ1) is 15.0. The number of hydrogen-bond acceptors (Lipinski definition) is 8. The van der Waals surface area contributed by atoms with Crippen molar-refractivity contribution in [3.8, 4) is 0 Å². The van der Waals surface area contributed by atoms with Gasteiger partial charge in [-0.2, -0.15) is 0 Å². The Morgan fingerprint density at radius 2 is 2.06 bits per heavy atom. The van der Waals surface area contributed by atoms with Crippen LogP contribution in [0.25, 0.3) is 0 Å². The van der Waals surface area contributed by atoms with Crippen molar-refractivity contribution < 1.29 is 28.7 Å². The van der Waals surface area contributed by atoms with Gasteiger partial charge in [0.15, 0.2) is 0 Å². The lowest BCUT2D eigenvalue weighted by Crippen LogP contribution is -2.49. The number of rotatable bonds is 11. The molecule has 1 aliphatic rings. The fourth-order valence-electron chi connectivity index (χ4n) is 2.80. The summed E-state index contributed by atoms with van der Waals surface area (Å²) in [4.78, 5) is 41.3. The molecule has 3 N–H and O–H groups in total.